The number of ether oxygens (including phenoxy) is 1. The number of benzene rings is 1. The predicted molar refractivity (Wildman–Crippen MR) is 72.0 cm³/mol. The number of aromatic carboxylic acids is 2. The maximum absolute atomic E-state index is 10.5. The van der Waals surface area contributed by atoms with E-state index in [0.717, 1.165) is 0 Å². The summed E-state index contributed by atoms with van der Waals surface area (Å²) < 4.78 is 4.21. The number of hydrogen-bond donors (Lipinski definition) is 2. The number of hydrogen-bond acceptors (Lipinski definition) is 5. The average molecular weight is 296 g/mol. The molecule has 0 saturated heterocycles. The van der Waals surface area contributed by atoms with Crippen LogP contribution in [0.15, 0.2) is 24.3 Å². The zero-order valence-electron chi connectivity index (χ0n) is 11.7. The van der Waals surface area contributed by atoms with Gasteiger partial charge >= 0.3 is 23.9 Å². The Labute approximate surface area is 121 Å². The largest absolute Gasteiger partial charge is 0.478 e. The first-order chi connectivity index (χ1) is 9.79. The highest BCUT2D eigenvalue weighted by Crippen LogP contribution is 2.07. The van der Waals surface area contributed by atoms with Gasteiger partial charge < -0.3 is 14.9 Å². The summed E-state index contributed by atoms with van der Waals surface area (Å²) in [5.74, 6) is -3.43. The van der Waals surface area contributed by atoms with Crippen molar-refractivity contribution in [2.75, 3.05) is 0 Å². The summed E-state index contributed by atoms with van der Waals surface area (Å²) in [5, 5.41) is 17.1. The minimum Gasteiger partial charge on any atom is -0.478 e. The Balaban J connectivity index is 0.000000400. The minimum atomic E-state index is -1.23. The summed E-state index contributed by atoms with van der Waals surface area (Å²) in [6, 6.07) is 5.48. The number of carboxylic acids is 2. The van der Waals surface area contributed by atoms with Gasteiger partial charge in [0.1, 0.15) is 0 Å². The molecule has 7 heteroatoms. The van der Waals surface area contributed by atoms with Crippen LogP contribution in [0, 0.1) is 0 Å². The number of carbonyl (C=O) groups excluding carboxylic acids is 2. The van der Waals surface area contributed by atoms with E-state index in [1.54, 1.807) is 0 Å². The molecule has 0 saturated carbocycles. The van der Waals surface area contributed by atoms with E-state index < -0.39 is 23.9 Å². The fraction of sp³-hybridized carbons (Fsp3) is 0.286. The molecule has 2 N–H and O–H groups in total. The fourth-order valence-electron chi connectivity index (χ4n) is 1.27. The van der Waals surface area contributed by atoms with Crippen LogP contribution >= 0.6 is 0 Å². The zero-order valence-corrected chi connectivity index (χ0v) is 11.7. The van der Waals surface area contributed by atoms with Crippen molar-refractivity contribution in [3.8, 4) is 0 Å². The van der Waals surface area contributed by atoms with Crippen LogP contribution in [0.4, 0.5) is 0 Å². The first-order valence-electron chi connectivity index (χ1n) is 6.06. The smallest absolute Gasteiger partial charge is 0.336 e. The molecule has 0 bridgehead atoms. The van der Waals surface area contributed by atoms with Gasteiger partial charge in [-0.3, -0.25) is 9.59 Å². The summed E-state index contributed by atoms with van der Waals surface area (Å²) in [6.07, 6.45) is 1.03. The van der Waals surface area contributed by atoms with Crippen molar-refractivity contribution in [1.82, 2.24) is 0 Å². The van der Waals surface area contributed by atoms with Crippen molar-refractivity contribution in [3.63, 3.8) is 0 Å². The Kier molecular flexibility index (Phi) is 8.05. The normalized spacial score (nSPS) is 9.05. The van der Waals surface area contributed by atoms with Crippen LogP contribution in [-0.2, 0) is 14.3 Å². The molecule has 0 amide bonds. The topological polar surface area (TPSA) is 118 Å². The third-order valence-corrected chi connectivity index (χ3v) is 2.10. The third kappa shape index (κ3) is 7.46. The fourth-order valence-corrected chi connectivity index (χ4v) is 1.27. The molecule has 21 heavy (non-hydrogen) atoms. The van der Waals surface area contributed by atoms with Gasteiger partial charge in [0, 0.05) is 13.3 Å². The SMILES string of the molecule is CCCC(=O)OC(C)=O.O=C(O)c1ccccc1C(=O)O. The lowest BCUT2D eigenvalue weighted by atomic mass is 10.1. The first-order valence-corrected chi connectivity index (χ1v) is 6.06. The second kappa shape index (κ2) is 9.24. The van der Waals surface area contributed by atoms with Crippen LogP contribution in [0.1, 0.15) is 47.4 Å². The third-order valence-electron chi connectivity index (χ3n) is 2.10. The van der Waals surface area contributed by atoms with Gasteiger partial charge in [0.05, 0.1) is 11.1 Å². The molecule has 0 heterocycles. The van der Waals surface area contributed by atoms with E-state index >= 15 is 0 Å². The predicted octanol–water partition coefficient (Wildman–Crippen LogP) is 1.96. The summed E-state index contributed by atoms with van der Waals surface area (Å²) in [6.45, 7) is 3.06. The van der Waals surface area contributed by atoms with Crippen molar-refractivity contribution in [3.05, 3.63) is 35.4 Å². The van der Waals surface area contributed by atoms with Gasteiger partial charge in [-0.25, -0.2) is 9.59 Å². The van der Waals surface area contributed by atoms with Crippen LogP contribution in [0.3, 0.4) is 0 Å². The molecule has 0 aliphatic carbocycles. The van der Waals surface area contributed by atoms with E-state index in [9.17, 15) is 19.2 Å². The van der Waals surface area contributed by atoms with E-state index in [2.05, 4.69) is 4.74 Å². The van der Waals surface area contributed by atoms with Crippen molar-refractivity contribution in [2.45, 2.75) is 26.7 Å². The van der Waals surface area contributed by atoms with Crippen LogP contribution in [-0.4, -0.2) is 34.1 Å². The lowest BCUT2D eigenvalue weighted by Gasteiger charge is -1.98. The molecule has 1 rings (SSSR count). The maximum Gasteiger partial charge on any atom is 0.336 e. The molecule has 0 atom stereocenters. The highest BCUT2D eigenvalue weighted by molar-refractivity contribution is 6.01. The highest BCUT2D eigenvalue weighted by Gasteiger charge is 2.13. The van der Waals surface area contributed by atoms with Gasteiger partial charge in [0.25, 0.3) is 0 Å². The minimum absolute atomic E-state index is 0.190. The van der Waals surface area contributed by atoms with E-state index in [-0.39, 0.29) is 11.1 Å². The zero-order chi connectivity index (χ0) is 16.4. The average Bonchev–Trinajstić information content (AvgIpc) is 2.38. The van der Waals surface area contributed by atoms with Gasteiger partial charge in [0.15, 0.2) is 0 Å². The molecule has 0 fully saturated rings. The number of carbonyl (C=O) groups is 4. The van der Waals surface area contributed by atoms with Gasteiger partial charge in [-0.05, 0) is 18.6 Å². The van der Waals surface area contributed by atoms with Gasteiger partial charge in [0.2, 0.25) is 0 Å². The lowest BCUT2D eigenvalue weighted by Crippen LogP contribution is -2.07. The van der Waals surface area contributed by atoms with E-state index in [1.165, 1.54) is 31.2 Å². The van der Waals surface area contributed by atoms with Crippen LogP contribution in [0.2, 0.25) is 0 Å². The van der Waals surface area contributed by atoms with Crippen LogP contribution < -0.4 is 0 Å². The van der Waals surface area contributed by atoms with Crippen molar-refractivity contribution < 1.29 is 34.1 Å². The molecule has 1 aromatic carbocycles. The van der Waals surface area contributed by atoms with Crippen LogP contribution in [0.5, 0.6) is 0 Å². The summed E-state index contributed by atoms with van der Waals surface area (Å²) in [7, 11) is 0. The van der Waals surface area contributed by atoms with Crippen LogP contribution in [0.25, 0.3) is 0 Å². The van der Waals surface area contributed by atoms with Crippen molar-refractivity contribution in [2.24, 2.45) is 0 Å². The number of rotatable bonds is 4. The van der Waals surface area contributed by atoms with Gasteiger partial charge in [-0.2, -0.15) is 0 Å². The molecule has 0 unspecified atom stereocenters. The molecular formula is C14H16O7. The molecule has 0 radical (unpaired) electrons. The lowest BCUT2D eigenvalue weighted by molar-refractivity contribution is -0.158. The maximum atomic E-state index is 10.5. The summed E-state index contributed by atoms with van der Waals surface area (Å²) >= 11 is 0. The van der Waals surface area contributed by atoms with Crippen molar-refractivity contribution >= 4 is 23.9 Å². The number of esters is 2. The second-order valence-electron chi connectivity index (χ2n) is 3.87. The molecule has 1 aromatic rings. The van der Waals surface area contributed by atoms with Gasteiger partial charge in [-0.15, -0.1) is 0 Å². The van der Waals surface area contributed by atoms with E-state index in [0.29, 0.717) is 12.8 Å². The molecule has 0 spiro atoms. The standard InChI is InChI=1S/C8H6O4.C6H10O3/c9-7(10)5-3-1-2-4-6(5)8(11)12;1-3-4-6(8)9-5(2)7/h1-4H,(H,9,10)(H,11,12);3-4H2,1-2H3. The van der Waals surface area contributed by atoms with Crippen molar-refractivity contribution in [1.29, 1.82) is 0 Å². The molecule has 0 aliphatic rings. The summed E-state index contributed by atoms with van der Waals surface area (Å²) in [4.78, 5) is 41.4. The summed E-state index contributed by atoms with van der Waals surface area (Å²) in [5.41, 5.74) is -0.380. The Morgan fingerprint density at radius 1 is 1.00 bits per heavy atom. The Hall–Kier alpha value is -2.70. The quantitative estimate of drug-likeness (QED) is 0.644. The molecule has 7 nitrogen and oxygen atoms in total. The first kappa shape index (κ1) is 18.3. The Morgan fingerprint density at radius 2 is 1.43 bits per heavy atom. The van der Waals surface area contributed by atoms with E-state index in [1.807, 2.05) is 6.92 Å². The Morgan fingerprint density at radius 3 is 1.71 bits per heavy atom. The molecule has 0 aliphatic heterocycles. The van der Waals surface area contributed by atoms with E-state index in [4.69, 9.17) is 10.2 Å². The molecular weight excluding hydrogens is 280 g/mol. The van der Waals surface area contributed by atoms with Gasteiger partial charge in [-0.1, -0.05) is 19.1 Å². The Bertz CT molecular complexity index is 501. The molecule has 0 aromatic heterocycles. The molecule has 114 valence electrons. The highest BCUT2D eigenvalue weighted by atomic mass is 16.6. The monoisotopic (exact) mass is 296 g/mol. The second-order valence-corrected chi connectivity index (χ2v) is 3.87. The number of carboxylic acid groups (broad SMARTS) is 2.